The maximum absolute atomic E-state index is 12.3. The zero-order valence-electron chi connectivity index (χ0n) is 22.9. The van der Waals surface area contributed by atoms with Gasteiger partial charge in [0.05, 0.1) is 17.9 Å². The lowest BCUT2D eigenvalue weighted by atomic mass is 10.0. The molecular weight excluding hydrogens is 434 g/mol. The third kappa shape index (κ3) is 17.3. The average molecular weight is 488 g/mol. The van der Waals surface area contributed by atoms with Gasteiger partial charge in [-0.05, 0) is 25.5 Å². The van der Waals surface area contributed by atoms with Gasteiger partial charge in [-0.3, -0.25) is 4.79 Å². The highest BCUT2D eigenvalue weighted by molar-refractivity contribution is 6.01. The Labute approximate surface area is 216 Å². The van der Waals surface area contributed by atoms with Crippen LogP contribution in [0, 0.1) is 0 Å². The van der Waals surface area contributed by atoms with Crippen molar-refractivity contribution in [3.8, 4) is 0 Å². The second kappa shape index (κ2) is 22.6. The number of para-hydroxylation sites is 1. The summed E-state index contributed by atoms with van der Waals surface area (Å²) in [5, 5.41) is 2.87. The first-order valence-corrected chi connectivity index (χ1v) is 14.7. The third-order valence-corrected chi connectivity index (χ3v) is 6.70. The summed E-state index contributed by atoms with van der Waals surface area (Å²) >= 11 is 0. The van der Waals surface area contributed by atoms with E-state index in [0.29, 0.717) is 24.3 Å². The standard InChI is InChI=1S/C31H53NO3/c1-3-5-6-7-8-9-10-11-12-13-14-15-16-17-18-19-20-21-22-27-30(33)32-29-26-24-23-25-28(29)31(34)35-4-2/h23-26H,3-22,27H2,1-2H3,(H,32,33). The third-order valence-electron chi connectivity index (χ3n) is 6.70. The van der Waals surface area contributed by atoms with Crippen LogP contribution in [0.15, 0.2) is 24.3 Å². The first-order chi connectivity index (χ1) is 17.2. The molecule has 0 aliphatic carbocycles. The predicted molar refractivity (Wildman–Crippen MR) is 149 cm³/mol. The average Bonchev–Trinajstić information content (AvgIpc) is 2.86. The van der Waals surface area contributed by atoms with E-state index in [1.807, 2.05) is 6.07 Å². The van der Waals surface area contributed by atoms with Crippen molar-refractivity contribution in [3.05, 3.63) is 29.8 Å². The second-order valence-electron chi connectivity index (χ2n) is 9.93. The summed E-state index contributed by atoms with van der Waals surface area (Å²) in [6.07, 6.45) is 26.0. The molecule has 1 aromatic rings. The molecule has 200 valence electrons. The van der Waals surface area contributed by atoms with Crippen LogP contribution >= 0.6 is 0 Å². The lowest BCUT2D eigenvalue weighted by Crippen LogP contribution is -2.15. The molecule has 0 atom stereocenters. The number of esters is 1. The van der Waals surface area contributed by atoms with E-state index in [9.17, 15) is 9.59 Å². The number of carbonyl (C=O) groups excluding carboxylic acids is 2. The lowest BCUT2D eigenvalue weighted by molar-refractivity contribution is -0.116. The van der Waals surface area contributed by atoms with Crippen LogP contribution in [0.4, 0.5) is 5.69 Å². The second-order valence-corrected chi connectivity index (χ2v) is 9.93. The maximum atomic E-state index is 12.3. The molecule has 0 unspecified atom stereocenters. The van der Waals surface area contributed by atoms with E-state index in [1.54, 1.807) is 25.1 Å². The van der Waals surface area contributed by atoms with E-state index in [2.05, 4.69) is 12.2 Å². The summed E-state index contributed by atoms with van der Waals surface area (Å²) in [5.74, 6) is -0.430. The number of anilines is 1. The minimum absolute atomic E-state index is 0.0336. The van der Waals surface area contributed by atoms with Crippen LogP contribution in [-0.2, 0) is 9.53 Å². The van der Waals surface area contributed by atoms with Crippen LogP contribution in [0.2, 0.25) is 0 Å². The quantitative estimate of drug-likeness (QED) is 0.123. The number of amides is 1. The SMILES string of the molecule is CCCCCCCCCCCCCCCCCCCCCC(=O)Nc1ccccc1C(=O)OCC. The number of ether oxygens (including phenoxy) is 1. The topological polar surface area (TPSA) is 55.4 Å². The highest BCUT2D eigenvalue weighted by Crippen LogP contribution is 2.18. The van der Waals surface area contributed by atoms with Crippen molar-refractivity contribution in [2.75, 3.05) is 11.9 Å². The largest absolute Gasteiger partial charge is 0.462 e. The van der Waals surface area contributed by atoms with Crippen molar-refractivity contribution >= 4 is 17.6 Å². The molecule has 35 heavy (non-hydrogen) atoms. The number of unbranched alkanes of at least 4 members (excludes halogenated alkanes) is 18. The summed E-state index contributed by atoms with van der Waals surface area (Å²) in [5.41, 5.74) is 0.949. The number of carbonyl (C=O) groups is 2. The van der Waals surface area contributed by atoms with Crippen molar-refractivity contribution in [3.63, 3.8) is 0 Å². The summed E-state index contributed by atoms with van der Waals surface area (Å²) in [6, 6.07) is 7.03. The van der Waals surface area contributed by atoms with Crippen molar-refractivity contribution in [1.82, 2.24) is 0 Å². The van der Waals surface area contributed by atoms with E-state index in [4.69, 9.17) is 4.74 Å². The molecule has 0 saturated carbocycles. The Balaban J connectivity index is 1.90. The molecule has 0 heterocycles. The fourth-order valence-electron chi connectivity index (χ4n) is 4.56. The molecule has 0 radical (unpaired) electrons. The molecule has 1 rings (SSSR count). The highest BCUT2D eigenvalue weighted by Gasteiger charge is 2.13. The Bertz CT molecular complexity index is 658. The molecule has 1 amide bonds. The summed E-state index contributed by atoms with van der Waals surface area (Å²) in [6.45, 7) is 4.38. The van der Waals surface area contributed by atoms with Gasteiger partial charge in [-0.1, -0.05) is 135 Å². The van der Waals surface area contributed by atoms with E-state index in [0.717, 1.165) is 12.8 Å². The Hall–Kier alpha value is -1.84. The first-order valence-electron chi connectivity index (χ1n) is 14.7. The normalized spacial score (nSPS) is 10.9. The van der Waals surface area contributed by atoms with Gasteiger partial charge in [0, 0.05) is 6.42 Å². The van der Waals surface area contributed by atoms with E-state index in [-0.39, 0.29) is 5.91 Å². The molecule has 0 spiro atoms. The van der Waals surface area contributed by atoms with Crippen molar-refractivity contribution in [2.45, 2.75) is 142 Å². The Morgan fingerprint density at radius 2 is 1.06 bits per heavy atom. The van der Waals surface area contributed by atoms with Crippen LogP contribution in [0.25, 0.3) is 0 Å². The molecule has 0 aromatic heterocycles. The van der Waals surface area contributed by atoms with Crippen molar-refractivity contribution in [1.29, 1.82) is 0 Å². The molecular formula is C31H53NO3. The van der Waals surface area contributed by atoms with Gasteiger partial charge in [0.25, 0.3) is 0 Å². The zero-order chi connectivity index (χ0) is 25.4. The van der Waals surface area contributed by atoms with E-state index in [1.165, 1.54) is 109 Å². The van der Waals surface area contributed by atoms with Crippen LogP contribution < -0.4 is 5.32 Å². The smallest absolute Gasteiger partial charge is 0.340 e. The van der Waals surface area contributed by atoms with Crippen LogP contribution in [0.5, 0.6) is 0 Å². The van der Waals surface area contributed by atoms with Gasteiger partial charge >= 0.3 is 5.97 Å². The molecule has 1 N–H and O–H groups in total. The summed E-state index contributed by atoms with van der Waals surface area (Å²) in [4.78, 5) is 24.3. The Kier molecular flexibility index (Phi) is 20.2. The number of nitrogens with one attached hydrogen (secondary N) is 1. The Morgan fingerprint density at radius 3 is 1.51 bits per heavy atom. The molecule has 0 bridgehead atoms. The lowest BCUT2D eigenvalue weighted by Gasteiger charge is -2.10. The fourth-order valence-corrected chi connectivity index (χ4v) is 4.56. The molecule has 4 nitrogen and oxygen atoms in total. The molecule has 0 fully saturated rings. The number of rotatable bonds is 23. The fraction of sp³-hybridized carbons (Fsp3) is 0.742. The number of benzene rings is 1. The predicted octanol–water partition coefficient (Wildman–Crippen LogP) is 9.62. The minimum atomic E-state index is -0.396. The van der Waals surface area contributed by atoms with Gasteiger partial charge in [0.2, 0.25) is 5.91 Å². The van der Waals surface area contributed by atoms with Gasteiger partial charge in [-0.25, -0.2) is 4.79 Å². The van der Waals surface area contributed by atoms with Crippen LogP contribution in [0.3, 0.4) is 0 Å². The van der Waals surface area contributed by atoms with Crippen LogP contribution in [-0.4, -0.2) is 18.5 Å². The molecule has 1 aromatic carbocycles. The molecule has 4 heteroatoms. The summed E-state index contributed by atoms with van der Waals surface area (Å²) < 4.78 is 5.06. The van der Waals surface area contributed by atoms with Crippen molar-refractivity contribution < 1.29 is 14.3 Å². The Morgan fingerprint density at radius 1 is 0.629 bits per heavy atom. The summed E-state index contributed by atoms with van der Waals surface area (Å²) in [7, 11) is 0. The van der Waals surface area contributed by atoms with Gasteiger partial charge in [-0.2, -0.15) is 0 Å². The highest BCUT2D eigenvalue weighted by atomic mass is 16.5. The first kappa shape index (κ1) is 31.2. The van der Waals surface area contributed by atoms with Gasteiger partial charge in [0.1, 0.15) is 0 Å². The monoisotopic (exact) mass is 487 g/mol. The maximum Gasteiger partial charge on any atom is 0.340 e. The van der Waals surface area contributed by atoms with Gasteiger partial charge < -0.3 is 10.1 Å². The number of hydrogen-bond donors (Lipinski definition) is 1. The van der Waals surface area contributed by atoms with Crippen molar-refractivity contribution in [2.24, 2.45) is 0 Å². The van der Waals surface area contributed by atoms with E-state index < -0.39 is 5.97 Å². The van der Waals surface area contributed by atoms with E-state index >= 15 is 0 Å². The zero-order valence-corrected chi connectivity index (χ0v) is 22.9. The van der Waals surface area contributed by atoms with Gasteiger partial charge in [-0.15, -0.1) is 0 Å². The molecule has 0 aliphatic heterocycles. The molecule has 0 saturated heterocycles. The minimum Gasteiger partial charge on any atom is -0.462 e. The number of hydrogen-bond acceptors (Lipinski definition) is 3. The van der Waals surface area contributed by atoms with Crippen LogP contribution in [0.1, 0.15) is 153 Å². The van der Waals surface area contributed by atoms with Gasteiger partial charge in [0.15, 0.2) is 0 Å². The molecule has 0 aliphatic rings.